The van der Waals surface area contributed by atoms with Crippen molar-refractivity contribution in [1.29, 1.82) is 0 Å². The van der Waals surface area contributed by atoms with E-state index in [0.29, 0.717) is 6.04 Å². The van der Waals surface area contributed by atoms with Crippen LogP contribution in [0, 0.1) is 13.8 Å². The molecule has 3 nitrogen and oxygen atoms in total. The largest absolute Gasteiger partial charge is 0.365 e. The predicted molar refractivity (Wildman–Crippen MR) is 110 cm³/mol. The van der Waals surface area contributed by atoms with E-state index in [1.807, 2.05) is 0 Å². The highest BCUT2D eigenvalue weighted by molar-refractivity contribution is 7.80. The Bertz CT molecular complexity index is 709. The zero-order valence-electron chi connectivity index (χ0n) is 15.3. The molecule has 1 aliphatic heterocycles. The molecule has 25 heavy (non-hydrogen) atoms. The third kappa shape index (κ3) is 4.51. The van der Waals surface area contributed by atoms with Gasteiger partial charge in [-0.3, -0.25) is 0 Å². The summed E-state index contributed by atoms with van der Waals surface area (Å²) in [4.78, 5) is 4.76. The molecule has 1 fully saturated rings. The van der Waals surface area contributed by atoms with Crippen LogP contribution in [-0.2, 0) is 6.54 Å². The SMILES string of the molecule is Cc1ccc(CNC(=S)N2CCN(c3ccc(C)cc3)C(C)C2)cc1. The van der Waals surface area contributed by atoms with Gasteiger partial charge in [-0.1, -0.05) is 47.5 Å². The summed E-state index contributed by atoms with van der Waals surface area (Å²) in [5, 5.41) is 4.27. The first-order chi connectivity index (χ1) is 12.0. The second-order valence-electron chi connectivity index (χ2n) is 6.97. The predicted octanol–water partition coefficient (Wildman–Crippen LogP) is 3.89. The van der Waals surface area contributed by atoms with Crippen LogP contribution in [0.2, 0.25) is 0 Å². The van der Waals surface area contributed by atoms with Crippen LogP contribution in [0.5, 0.6) is 0 Å². The molecule has 0 amide bonds. The first kappa shape index (κ1) is 17.7. The van der Waals surface area contributed by atoms with Crippen molar-refractivity contribution in [3.63, 3.8) is 0 Å². The Hall–Kier alpha value is -2.07. The average Bonchev–Trinajstić information content (AvgIpc) is 2.62. The number of rotatable bonds is 3. The smallest absolute Gasteiger partial charge is 0.169 e. The number of nitrogens with one attached hydrogen (secondary N) is 1. The monoisotopic (exact) mass is 353 g/mol. The number of thiocarbonyl (C=S) groups is 1. The van der Waals surface area contributed by atoms with Crippen LogP contribution in [0.15, 0.2) is 48.5 Å². The number of aryl methyl sites for hydroxylation is 2. The van der Waals surface area contributed by atoms with Gasteiger partial charge in [0.15, 0.2) is 5.11 Å². The van der Waals surface area contributed by atoms with E-state index in [2.05, 4.69) is 84.4 Å². The van der Waals surface area contributed by atoms with E-state index in [0.717, 1.165) is 31.3 Å². The van der Waals surface area contributed by atoms with Crippen LogP contribution >= 0.6 is 12.2 Å². The maximum Gasteiger partial charge on any atom is 0.169 e. The lowest BCUT2D eigenvalue weighted by Gasteiger charge is -2.42. The maximum absolute atomic E-state index is 5.62. The van der Waals surface area contributed by atoms with Gasteiger partial charge in [-0.25, -0.2) is 0 Å². The number of nitrogens with zero attached hydrogens (tertiary/aromatic N) is 2. The minimum atomic E-state index is 0.440. The lowest BCUT2D eigenvalue weighted by molar-refractivity contribution is 0.334. The minimum Gasteiger partial charge on any atom is -0.365 e. The Kier molecular flexibility index (Phi) is 5.59. The summed E-state index contributed by atoms with van der Waals surface area (Å²) in [5.41, 5.74) is 5.15. The fourth-order valence-corrected chi connectivity index (χ4v) is 3.50. The first-order valence-electron chi connectivity index (χ1n) is 8.94. The number of hydrogen-bond donors (Lipinski definition) is 1. The summed E-state index contributed by atoms with van der Waals surface area (Å²) >= 11 is 5.62. The van der Waals surface area contributed by atoms with E-state index in [-0.39, 0.29) is 0 Å². The maximum atomic E-state index is 5.62. The molecule has 3 rings (SSSR count). The molecule has 132 valence electrons. The minimum absolute atomic E-state index is 0.440. The highest BCUT2D eigenvalue weighted by Crippen LogP contribution is 2.21. The molecule has 0 bridgehead atoms. The van der Waals surface area contributed by atoms with Gasteiger partial charge in [0.1, 0.15) is 0 Å². The van der Waals surface area contributed by atoms with Crippen LogP contribution in [-0.4, -0.2) is 35.7 Å². The number of benzene rings is 2. The zero-order valence-corrected chi connectivity index (χ0v) is 16.1. The highest BCUT2D eigenvalue weighted by Gasteiger charge is 2.25. The molecule has 0 aliphatic carbocycles. The molecule has 1 N–H and O–H groups in total. The summed E-state index contributed by atoms with van der Waals surface area (Å²) in [5.74, 6) is 0. The summed E-state index contributed by atoms with van der Waals surface area (Å²) < 4.78 is 0. The molecule has 0 saturated carbocycles. The fourth-order valence-electron chi connectivity index (χ4n) is 3.26. The normalized spacial score (nSPS) is 17.5. The Morgan fingerprint density at radius 1 is 1.00 bits per heavy atom. The van der Waals surface area contributed by atoms with Crippen LogP contribution in [0.25, 0.3) is 0 Å². The van der Waals surface area contributed by atoms with E-state index in [4.69, 9.17) is 12.2 Å². The molecule has 0 aromatic heterocycles. The van der Waals surface area contributed by atoms with Crippen LogP contribution in [0.4, 0.5) is 5.69 Å². The lowest BCUT2D eigenvalue weighted by Crippen LogP contribution is -2.55. The molecule has 1 aliphatic rings. The number of hydrogen-bond acceptors (Lipinski definition) is 2. The van der Waals surface area contributed by atoms with Gasteiger partial charge in [0.2, 0.25) is 0 Å². The Morgan fingerprint density at radius 2 is 1.60 bits per heavy atom. The van der Waals surface area contributed by atoms with Gasteiger partial charge in [0, 0.05) is 37.9 Å². The van der Waals surface area contributed by atoms with E-state index in [1.54, 1.807) is 0 Å². The molecule has 1 heterocycles. The molecule has 0 spiro atoms. The van der Waals surface area contributed by atoms with Crippen LogP contribution in [0.3, 0.4) is 0 Å². The van der Waals surface area contributed by atoms with Crippen molar-refractivity contribution in [2.45, 2.75) is 33.4 Å². The van der Waals surface area contributed by atoms with E-state index >= 15 is 0 Å². The van der Waals surface area contributed by atoms with Crippen LogP contribution < -0.4 is 10.2 Å². The standard InChI is InChI=1S/C21H27N3S/c1-16-4-8-19(9-5-16)14-22-21(25)23-12-13-24(18(3)15-23)20-10-6-17(2)7-11-20/h4-11,18H,12-15H2,1-3H3,(H,22,25). The molecule has 1 saturated heterocycles. The van der Waals surface area contributed by atoms with Crippen molar-refractivity contribution in [1.82, 2.24) is 10.2 Å². The Labute approximate surface area is 156 Å². The second-order valence-corrected chi connectivity index (χ2v) is 7.35. The van der Waals surface area contributed by atoms with Gasteiger partial charge < -0.3 is 15.1 Å². The number of anilines is 1. The summed E-state index contributed by atoms with van der Waals surface area (Å²) in [6, 6.07) is 17.8. The molecular weight excluding hydrogens is 326 g/mol. The lowest BCUT2D eigenvalue weighted by atomic mass is 10.1. The molecule has 4 heteroatoms. The Morgan fingerprint density at radius 3 is 2.20 bits per heavy atom. The van der Waals surface area contributed by atoms with Gasteiger partial charge in [-0.15, -0.1) is 0 Å². The van der Waals surface area contributed by atoms with Gasteiger partial charge in [-0.05, 0) is 50.7 Å². The topological polar surface area (TPSA) is 18.5 Å². The average molecular weight is 354 g/mol. The van der Waals surface area contributed by atoms with Gasteiger partial charge >= 0.3 is 0 Å². The van der Waals surface area contributed by atoms with Crippen molar-refractivity contribution in [2.75, 3.05) is 24.5 Å². The van der Waals surface area contributed by atoms with Gasteiger partial charge in [-0.2, -0.15) is 0 Å². The highest BCUT2D eigenvalue weighted by atomic mass is 32.1. The summed E-state index contributed by atoms with van der Waals surface area (Å²) in [6.07, 6.45) is 0. The summed E-state index contributed by atoms with van der Waals surface area (Å²) in [7, 11) is 0. The van der Waals surface area contributed by atoms with E-state index in [1.165, 1.54) is 22.4 Å². The number of piperazine rings is 1. The Balaban J connectivity index is 1.54. The van der Waals surface area contributed by atoms with Crippen molar-refractivity contribution in [3.8, 4) is 0 Å². The molecule has 2 aromatic rings. The molecule has 1 unspecified atom stereocenters. The third-order valence-corrected chi connectivity index (χ3v) is 5.25. The van der Waals surface area contributed by atoms with Gasteiger partial charge in [0.25, 0.3) is 0 Å². The van der Waals surface area contributed by atoms with Crippen LogP contribution in [0.1, 0.15) is 23.6 Å². The van der Waals surface area contributed by atoms with Gasteiger partial charge in [0.05, 0.1) is 0 Å². The second kappa shape index (κ2) is 7.87. The first-order valence-corrected chi connectivity index (χ1v) is 9.35. The molecule has 2 aromatic carbocycles. The van der Waals surface area contributed by atoms with E-state index in [9.17, 15) is 0 Å². The van der Waals surface area contributed by atoms with E-state index < -0.39 is 0 Å². The quantitative estimate of drug-likeness (QED) is 0.844. The molecule has 1 atom stereocenters. The van der Waals surface area contributed by atoms with Crippen molar-refractivity contribution < 1.29 is 0 Å². The van der Waals surface area contributed by atoms with Crippen molar-refractivity contribution in [2.24, 2.45) is 0 Å². The zero-order chi connectivity index (χ0) is 17.8. The third-order valence-electron chi connectivity index (χ3n) is 4.84. The molecular formula is C21H27N3S. The summed E-state index contributed by atoms with van der Waals surface area (Å²) in [6.45, 7) is 10.2. The molecule has 0 radical (unpaired) electrons. The fraction of sp³-hybridized carbons (Fsp3) is 0.381. The van der Waals surface area contributed by atoms with Crippen molar-refractivity contribution >= 4 is 23.0 Å². The van der Waals surface area contributed by atoms with Crippen molar-refractivity contribution in [3.05, 3.63) is 65.2 Å².